The quantitative estimate of drug-likeness (QED) is 0.796. The molecule has 0 aliphatic carbocycles. The Morgan fingerprint density at radius 1 is 1.29 bits per heavy atom. The topological polar surface area (TPSA) is 63.7 Å². The van der Waals surface area contributed by atoms with Gasteiger partial charge in [0, 0.05) is 13.1 Å². The van der Waals surface area contributed by atoms with Crippen LogP contribution in [0.1, 0.15) is 36.5 Å². The summed E-state index contributed by atoms with van der Waals surface area (Å²) in [5.41, 5.74) is 0.0802. The fourth-order valence-corrected chi connectivity index (χ4v) is 4.02. The lowest BCUT2D eigenvalue weighted by Crippen LogP contribution is -2.35. The van der Waals surface area contributed by atoms with Gasteiger partial charge in [-0.3, -0.25) is 0 Å². The zero-order chi connectivity index (χ0) is 15.5. The SMILES string of the molecule is CCOC(=O)c1cc(S(=O)(=O)N2CCCCC2)ccc1Cl. The van der Waals surface area contributed by atoms with E-state index in [1.807, 2.05) is 0 Å². The molecule has 0 unspecified atom stereocenters. The second-order valence-corrected chi connectivity index (χ2v) is 7.17. The Morgan fingerprint density at radius 2 is 1.95 bits per heavy atom. The van der Waals surface area contributed by atoms with Crippen molar-refractivity contribution < 1.29 is 17.9 Å². The molecule has 0 atom stereocenters. The summed E-state index contributed by atoms with van der Waals surface area (Å²) in [6.07, 6.45) is 2.76. The van der Waals surface area contributed by atoms with Crippen molar-refractivity contribution >= 4 is 27.6 Å². The molecular weight excluding hydrogens is 314 g/mol. The minimum absolute atomic E-state index is 0.0802. The molecule has 7 heteroatoms. The molecule has 1 fully saturated rings. The van der Waals surface area contributed by atoms with Crippen LogP contribution in [-0.2, 0) is 14.8 Å². The van der Waals surface area contributed by atoms with Crippen LogP contribution in [-0.4, -0.2) is 38.4 Å². The number of rotatable bonds is 4. The number of carbonyl (C=O) groups excluding carboxylic acids is 1. The van der Waals surface area contributed by atoms with E-state index in [2.05, 4.69) is 0 Å². The van der Waals surface area contributed by atoms with Crippen LogP contribution >= 0.6 is 11.6 Å². The van der Waals surface area contributed by atoms with Gasteiger partial charge >= 0.3 is 5.97 Å². The molecule has 0 amide bonds. The highest BCUT2D eigenvalue weighted by Gasteiger charge is 2.27. The number of halogens is 1. The van der Waals surface area contributed by atoms with Crippen LogP contribution in [0.4, 0.5) is 0 Å². The number of hydrogen-bond donors (Lipinski definition) is 0. The van der Waals surface area contributed by atoms with Crippen molar-refractivity contribution in [1.82, 2.24) is 4.31 Å². The predicted octanol–water partition coefficient (Wildman–Crippen LogP) is 2.69. The highest BCUT2D eigenvalue weighted by atomic mass is 35.5. The van der Waals surface area contributed by atoms with Crippen molar-refractivity contribution in [2.75, 3.05) is 19.7 Å². The van der Waals surface area contributed by atoms with Gasteiger partial charge < -0.3 is 4.74 Å². The summed E-state index contributed by atoms with van der Waals surface area (Å²) in [6.45, 7) is 2.91. The number of ether oxygens (including phenoxy) is 1. The maximum atomic E-state index is 12.6. The molecule has 116 valence electrons. The first kappa shape index (κ1) is 16.3. The van der Waals surface area contributed by atoms with E-state index in [-0.39, 0.29) is 22.1 Å². The van der Waals surface area contributed by atoms with Gasteiger partial charge in [0.2, 0.25) is 10.0 Å². The summed E-state index contributed by atoms with van der Waals surface area (Å²) in [7, 11) is -3.58. The van der Waals surface area contributed by atoms with Gasteiger partial charge in [-0.25, -0.2) is 13.2 Å². The Morgan fingerprint density at radius 3 is 2.57 bits per heavy atom. The lowest BCUT2D eigenvalue weighted by atomic mass is 10.2. The molecular formula is C14H18ClNO4S. The van der Waals surface area contributed by atoms with Gasteiger partial charge in [0.15, 0.2) is 0 Å². The van der Waals surface area contributed by atoms with E-state index in [0.29, 0.717) is 13.1 Å². The van der Waals surface area contributed by atoms with E-state index < -0.39 is 16.0 Å². The maximum Gasteiger partial charge on any atom is 0.339 e. The Labute approximate surface area is 129 Å². The average molecular weight is 332 g/mol. The zero-order valence-corrected chi connectivity index (χ0v) is 13.4. The van der Waals surface area contributed by atoms with Gasteiger partial charge in [-0.1, -0.05) is 18.0 Å². The Bertz CT molecular complexity index is 624. The fraction of sp³-hybridized carbons (Fsp3) is 0.500. The molecule has 21 heavy (non-hydrogen) atoms. The van der Waals surface area contributed by atoms with Gasteiger partial charge in [0.1, 0.15) is 0 Å². The minimum Gasteiger partial charge on any atom is -0.462 e. The molecule has 1 aromatic rings. The third-order valence-corrected chi connectivity index (χ3v) is 5.61. The number of nitrogens with zero attached hydrogens (tertiary/aromatic N) is 1. The van der Waals surface area contributed by atoms with E-state index in [1.54, 1.807) is 6.92 Å². The molecule has 0 aromatic heterocycles. The number of piperidine rings is 1. The van der Waals surface area contributed by atoms with Gasteiger partial charge in [0.25, 0.3) is 0 Å². The highest BCUT2D eigenvalue weighted by Crippen LogP contribution is 2.25. The molecule has 0 radical (unpaired) electrons. The lowest BCUT2D eigenvalue weighted by Gasteiger charge is -2.26. The summed E-state index contributed by atoms with van der Waals surface area (Å²) < 4.78 is 31.5. The number of hydrogen-bond acceptors (Lipinski definition) is 4. The maximum absolute atomic E-state index is 12.6. The van der Waals surface area contributed by atoms with E-state index >= 15 is 0 Å². The number of sulfonamides is 1. The van der Waals surface area contributed by atoms with Crippen LogP contribution in [0.15, 0.2) is 23.1 Å². The molecule has 1 aromatic carbocycles. The summed E-state index contributed by atoms with van der Waals surface area (Å²) in [4.78, 5) is 11.9. The summed E-state index contributed by atoms with van der Waals surface area (Å²) in [5.74, 6) is -0.613. The van der Waals surface area contributed by atoms with Crippen LogP contribution in [0.25, 0.3) is 0 Å². The normalized spacial score (nSPS) is 16.7. The van der Waals surface area contributed by atoms with Crippen LogP contribution in [0.5, 0.6) is 0 Å². The first-order valence-corrected chi connectivity index (χ1v) is 8.75. The molecule has 0 spiro atoms. The fourth-order valence-electron chi connectivity index (χ4n) is 2.28. The van der Waals surface area contributed by atoms with Crippen LogP contribution < -0.4 is 0 Å². The van der Waals surface area contributed by atoms with E-state index in [0.717, 1.165) is 19.3 Å². The molecule has 5 nitrogen and oxygen atoms in total. The second-order valence-electron chi connectivity index (χ2n) is 4.83. The molecule has 1 saturated heterocycles. The molecule has 1 aliphatic rings. The standard InChI is InChI=1S/C14H18ClNO4S/c1-2-20-14(17)12-10-11(6-7-13(12)15)21(18,19)16-8-4-3-5-9-16/h6-7,10H,2-5,8-9H2,1H3. The minimum atomic E-state index is -3.58. The lowest BCUT2D eigenvalue weighted by molar-refractivity contribution is 0.0526. The van der Waals surface area contributed by atoms with E-state index in [1.165, 1.54) is 22.5 Å². The van der Waals surface area contributed by atoms with Crippen LogP contribution in [0, 0.1) is 0 Å². The summed E-state index contributed by atoms with van der Waals surface area (Å²) in [5, 5.41) is 0.186. The first-order valence-electron chi connectivity index (χ1n) is 6.93. The van der Waals surface area contributed by atoms with E-state index in [9.17, 15) is 13.2 Å². The van der Waals surface area contributed by atoms with Crippen LogP contribution in [0.3, 0.4) is 0 Å². The van der Waals surface area contributed by atoms with Gasteiger partial charge in [0.05, 0.1) is 22.1 Å². The van der Waals surface area contributed by atoms with Crippen molar-refractivity contribution in [3.8, 4) is 0 Å². The molecule has 0 N–H and O–H groups in total. The third-order valence-electron chi connectivity index (χ3n) is 3.39. The molecule has 0 saturated carbocycles. The van der Waals surface area contributed by atoms with Gasteiger partial charge in [-0.2, -0.15) is 4.31 Å². The smallest absolute Gasteiger partial charge is 0.339 e. The number of benzene rings is 1. The third kappa shape index (κ3) is 3.56. The zero-order valence-electron chi connectivity index (χ0n) is 11.8. The monoisotopic (exact) mass is 331 g/mol. The number of esters is 1. The van der Waals surface area contributed by atoms with Crippen molar-refractivity contribution in [2.45, 2.75) is 31.1 Å². The van der Waals surface area contributed by atoms with Crippen molar-refractivity contribution in [3.63, 3.8) is 0 Å². The Kier molecular flexibility index (Phi) is 5.24. The molecule has 2 rings (SSSR count). The highest BCUT2D eigenvalue weighted by molar-refractivity contribution is 7.89. The Balaban J connectivity index is 2.35. The molecule has 1 heterocycles. The van der Waals surface area contributed by atoms with Gasteiger partial charge in [-0.15, -0.1) is 0 Å². The molecule has 1 aliphatic heterocycles. The van der Waals surface area contributed by atoms with Crippen molar-refractivity contribution in [3.05, 3.63) is 28.8 Å². The largest absolute Gasteiger partial charge is 0.462 e. The second kappa shape index (κ2) is 6.77. The Hall–Kier alpha value is -1.11. The predicted molar refractivity (Wildman–Crippen MR) is 80.0 cm³/mol. The molecule has 0 bridgehead atoms. The summed E-state index contributed by atoms with van der Waals surface area (Å²) in [6, 6.07) is 4.14. The van der Waals surface area contributed by atoms with Gasteiger partial charge in [-0.05, 0) is 38.0 Å². The van der Waals surface area contributed by atoms with Crippen molar-refractivity contribution in [1.29, 1.82) is 0 Å². The summed E-state index contributed by atoms with van der Waals surface area (Å²) >= 11 is 5.95. The van der Waals surface area contributed by atoms with Crippen molar-refractivity contribution in [2.24, 2.45) is 0 Å². The first-order chi connectivity index (χ1) is 9.96. The number of carbonyl (C=O) groups is 1. The van der Waals surface area contributed by atoms with E-state index in [4.69, 9.17) is 16.3 Å². The average Bonchev–Trinajstić information content (AvgIpc) is 2.48. The van der Waals surface area contributed by atoms with Crippen LogP contribution in [0.2, 0.25) is 5.02 Å².